The predicted molar refractivity (Wildman–Crippen MR) is 121 cm³/mol. The molecule has 0 radical (unpaired) electrons. The van der Waals surface area contributed by atoms with Crippen molar-refractivity contribution in [3.8, 4) is 0 Å². The summed E-state index contributed by atoms with van der Waals surface area (Å²) in [4.78, 5) is 39.5. The topological polar surface area (TPSA) is 125 Å². The predicted octanol–water partition coefficient (Wildman–Crippen LogP) is 2.41. The zero-order valence-corrected chi connectivity index (χ0v) is 18.2. The maximum Gasteiger partial charge on any atom is 0.409 e. The number of benzene rings is 2. The van der Waals surface area contributed by atoms with Crippen molar-refractivity contribution in [3.05, 3.63) is 59.2 Å². The molecule has 170 valence electrons. The first-order valence-electron chi connectivity index (χ1n) is 10.3. The average molecular weight is 441 g/mol. The molecule has 0 aliphatic carbocycles. The quantitative estimate of drug-likeness (QED) is 0.589. The third kappa shape index (κ3) is 5.48. The molecule has 9 heteroatoms. The van der Waals surface area contributed by atoms with Gasteiger partial charge in [0.05, 0.1) is 30.9 Å². The summed E-state index contributed by atoms with van der Waals surface area (Å²) in [6, 6.07) is 11.8. The largest absolute Gasteiger partial charge is 0.481 e. The lowest BCUT2D eigenvalue weighted by atomic mass is 10.0. The standard InChI is InChI=1S/C23H28N4O5/c1-15-3-5-16(6-4-15)19(14-21(28)29)25-22(30)17-7-8-20(18(24)13-17)26-9-11-27(12-10-26)23(31)32-2/h3-8,13,19H,9-12,14,24H2,1-2H3,(H,25,30)(H,28,29). The van der Waals surface area contributed by atoms with Gasteiger partial charge in [-0.25, -0.2) is 4.79 Å². The van der Waals surface area contributed by atoms with Crippen LogP contribution < -0.4 is 16.0 Å². The molecular weight excluding hydrogens is 412 g/mol. The van der Waals surface area contributed by atoms with Gasteiger partial charge in [0.2, 0.25) is 0 Å². The van der Waals surface area contributed by atoms with E-state index in [1.807, 2.05) is 31.2 Å². The maximum absolute atomic E-state index is 12.8. The van der Waals surface area contributed by atoms with Gasteiger partial charge in [-0.2, -0.15) is 0 Å². The Morgan fingerprint density at radius 3 is 2.31 bits per heavy atom. The van der Waals surface area contributed by atoms with Crippen molar-refractivity contribution in [2.45, 2.75) is 19.4 Å². The Balaban J connectivity index is 1.70. The minimum atomic E-state index is -1.00. The second-order valence-electron chi connectivity index (χ2n) is 7.75. The molecule has 3 rings (SSSR count). The molecule has 1 heterocycles. The van der Waals surface area contributed by atoms with Gasteiger partial charge in [-0.05, 0) is 30.7 Å². The van der Waals surface area contributed by atoms with E-state index < -0.39 is 17.9 Å². The summed E-state index contributed by atoms with van der Waals surface area (Å²) < 4.78 is 4.75. The Morgan fingerprint density at radius 1 is 1.09 bits per heavy atom. The van der Waals surface area contributed by atoms with Crippen LogP contribution in [0, 0.1) is 6.92 Å². The number of methoxy groups -OCH3 is 1. The number of nitrogens with two attached hydrogens (primary N) is 1. The Morgan fingerprint density at radius 2 is 1.75 bits per heavy atom. The van der Waals surface area contributed by atoms with Gasteiger partial charge in [0.15, 0.2) is 0 Å². The van der Waals surface area contributed by atoms with Crippen molar-refractivity contribution in [2.75, 3.05) is 43.9 Å². The number of anilines is 2. The lowest BCUT2D eigenvalue weighted by Gasteiger charge is -2.35. The van der Waals surface area contributed by atoms with Crippen LogP contribution in [0.4, 0.5) is 16.2 Å². The average Bonchev–Trinajstić information content (AvgIpc) is 2.78. The second kappa shape index (κ2) is 10.0. The maximum atomic E-state index is 12.8. The highest BCUT2D eigenvalue weighted by molar-refractivity contribution is 5.96. The van der Waals surface area contributed by atoms with Crippen LogP contribution in [0.1, 0.15) is 33.9 Å². The molecule has 0 aromatic heterocycles. The molecule has 1 aliphatic heterocycles. The normalized spacial score (nSPS) is 14.6. The van der Waals surface area contributed by atoms with Gasteiger partial charge >= 0.3 is 12.1 Å². The van der Waals surface area contributed by atoms with Gasteiger partial charge in [0.25, 0.3) is 5.91 Å². The Kier molecular flexibility index (Phi) is 7.19. The van der Waals surface area contributed by atoms with E-state index in [-0.39, 0.29) is 12.5 Å². The Labute approximate surface area is 186 Å². The van der Waals surface area contributed by atoms with Crippen molar-refractivity contribution >= 4 is 29.3 Å². The van der Waals surface area contributed by atoms with Gasteiger partial charge < -0.3 is 30.7 Å². The number of aliphatic carboxylic acids is 1. The SMILES string of the molecule is COC(=O)N1CCN(c2ccc(C(=O)NC(CC(=O)O)c3ccc(C)cc3)cc2N)CC1. The van der Waals surface area contributed by atoms with Crippen LogP contribution >= 0.6 is 0 Å². The lowest BCUT2D eigenvalue weighted by molar-refractivity contribution is -0.137. The molecule has 32 heavy (non-hydrogen) atoms. The van der Waals surface area contributed by atoms with Crippen molar-refractivity contribution in [3.63, 3.8) is 0 Å². The summed E-state index contributed by atoms with van der Waals surface area (Å²) in [5, 5.41) is 12.1. The van der Waals surface area contributed by atoms with Crippen LogP contribution in [-0.2, 0) is 9.53 Å². The van der Waals surface area contributed by atoms with Crippen LogP contribution in [0.3, 0.4) is 0 Å². The van der Waals surface area contributed by atoms with Crippen LogP contribution in [-0.4, -0.2) is 61.3 Å². The zero-order chi connectivity index (χ0) is 23.3. The van der Waals surface area contributed by atoms with E-state index in [9.17, 15) is 19.5 Å². The third-order valence-corrected chi connectivity index (χ3v) is 5.51. The van der Waals surface area contributed by atoms with E-state index in [0.29, 0.717) is 37.4 Å². The minimum Gasteiger partial charge on any atom is -0.481 e. The summed E-state index contributed by atoms with van der Waals surface area (Å²) in [6.07, 6.45) is -0.582. The van der Waals surface area contributed by atoms with Crippen molar-refractivity contribution in [1.29, 1.82) is 0 Å². The number of hydrogen-bond acceptors (Lipinski definition) is 6. The van der Waals surface area contributed by atoms with Crippen molar-refractivity contribution < 1.29 is 24.2 Å². The molecule has 1 atom stereocenters. The van der Waals surface area contributed by atoms with Gasteiger partial charge in [-0.3, -0.25) is 9.59 Å². The third-order valence-electron chi connectivity index (χ3n) is 5.51. The van der Waals surface area contributed by atoms with Crippen molar-refractivity contribution in [2.24, 2.45) is 0 Å². The first-order chi connectivity index (χ1) is 15.3. The molecule has 9 nitrogen and oxygen atoms in total. The van der Waals surface area contributed by atoms with E-state index >= 15 is 0 Å². The van der Waals surface area contributed by atoms with Gasteiger partial charge in [-0.15, -0.1) is 0 Å². The number of carboxylic acids is 1. The van der Waals surface area contributed by atoms with Gasteiger partial charge in [0.1, 0.15) is 0 Å². The molecule has 2 amide bonds. The molecule has 2 aromatic rings. The molecule has 0 spiro atoms. The molecule has 2 aromatic carbocycles. The number of nitrogens with zero attached hydrogens (tertiary/aromatic N) is 2. The molecule has 0 bridgehead atoms. The number of hydrogen-bond donors (Lipinski definition) is 3. The highest BCUT2D eigenvalue weighted by Gasteiger charge is 2.24. The molecule has 1 saturated heterocycles. The first-order valence-corrected chi connectivity index (χ1v) is 10.3. The van der Waals surface area contributed by atoms with E-state index in [2.05, 4.69) is 10.2 Å². The van der Waals surface area contributed by atoms with E-state index in [1.54, 1.807) is 23.1 Å². The number of aryl methyl sites for hydroxylation is 1. The molecule has 1 aliphatic rings. The van der Waals surface area contributed by atoms with Gasteiger partial charge in [0, 0.05) is 31.7 Å². The fourth-order valence-electron chi connectivity index (χ4n) is 3.71. The van der Waals surface area contributed by atoms with E-state index in [1.165, 1.54) is 7.11 Å². The monoisotopic (exact) mass is 440 g/mol. The highest BCUT2D eigenvalue weighted by atomic mass is 16.5. The molecule has 1 fully saturated rings. The van der Waals surface area contributed by atoms with Crippen LogP contribution in [0.15, 0.2) is 42.5 Å². The Hall–Kier alpha value is -3.75. The number of piperazine rings is 1. The smallest absolute Gasteiger partial charge is 0.409 e. The summed E-state index contributed by atoms with van der Waals surface area (Å²) in [5.74, 6) is -1.40. The van der Waals surface area contributed by atoms with Crippen LogP contribution in [0.2, 0.25) is 0 Å². The number of rotatable bonds is 6. The number of amides is 2. The zero-order valence-electron chi connectivity index (χ0n) is 18.2. The summed E-state index contributed by atoms with van der Waals surface area (Å²) in [7, 11) is 1.36. The van der Waals surface area contributed by atoms with Crippen molar-refractivity contribution in [1.82, 2.24) is 10.2 Å². The number of ether oxygens (including phenoxy) is 1. The fourth-order valence-corrected chi connectivity index (χ4v) is 3.71. The van der Waals surface area contributed by atoms with Crippen LogP contribution in [0.25, 0.3) is 0 Å². The summed E-state index contributed by atoms with van der Waals surface area (Å²) in [5.41, 5.74) is 9.57. The highest BCUT2D eigenvalue weighted by Crippen LogP contribution is 2.26. The summed E-state index contributed by atoms with van der Waals surface area (Å²) in [6.45, 7) is 4.16. The Bertz CT molecular complexity index is 984. The lowest BCUT2D eigenvalue weighted by Crippen LogP contribution is -2.48. The van der Waals surface area contributed by atoms with E-state index in [4.69, 9.17) is 10.5 Å². The second-order valence-corrected chi connectivity index (χ2v) is 7.75. The molecular formula is C23H28N4O5. The number of carboxylic acid groups (broad SMARTS) is 1. The number of carbonyl (C=O) groups excluding carboxylic acids is 2. The molecule has 4 N–H and O–H groups in total. The molecule has 1 unspecified atom stereocenters. The first kappa shape index (κ1) is 22.9. The van der Waals surface area contributed by atoms with E-state index in [0.717, 1.165) is 16.8 Å². The van der Waals surface area contributed by atoms with Gasteiger partial charge in [-0.1, -0.05) is 29.8 Å². The number of nitrogen functional groups attached to an aromatic ring is 1. The fraction of sp³-hybridized carbons (Fsp3) is 0.348. The summed E-state index contributed by atoms with van der Waals surface area (Å²) >= 11 is 0. The van der Waals surface area contributed by atoms with Crippen LogP contribution in [0.5, 0.6) is 0 Å². The minimum absolute atomic E-state index is 0.229. The molecule has 0 saturated carbocycles. The number of carbonyl (C=O) groups is 3. The number of nitrogens with one attached hydrogen (secondary N) is 1.